The third-order valence-corrected chi connectivity index (χ3v) is 3.28. The lowest BCUT2D eigenvalue weighted by Crippen LogP contribution is -2.31. The molecule has 3 nitrogen and oxygen atoms in total. The summed E-state index contributed by atoms with van der Waals surface area (Å²) < 4.78 is 1.97. The lowest BCUT2D eigenvalue weighted by Gasteiger charge is -2.21. The monoisotopic (exact) mass is 209 g/mol. The molecule has 1 heterocycles. The summed E-state index contributed by atoms with van der Waals surface area (Å²) in [6, 6.07) is 2.74. The summed E-state index contributed by atoms with van der Waals surface area (Å²) in [6.45, 7) is 4.56. The van der Waals surface area contributed by atoms with Crippen LogP contribution in [0.15, 0.2) is 12.3 Å². The van der Waals surface area contributed by atoms with Crippen molar-refractivity contribution in [1.29, 1.82) is 0 Å². The second kappa shape index (κ2) is 5.91. The van der Waals surface area contributed by atoms with Crippen molar-refractivity contribution >= 4 is 0 Å². The van der Waals surface area contributed by atoms with Gasteiger partial charge in [0.15, 0.2) is 0 Å². The molecule has 2 unspecified atom stereocenters. The Morgan fingerprint density at radius 2 is 2.27 bits per heavy atom. The van der Waals surface area contributed by atoms with Crippen molar-refractivity contribution in [3.63, 3.8) is 0 Å². The minimum atomic E-state index is 0.637. The largest absolute Gasteiger partial charge is 0.317 e. The minimum Gasteiger partial charge on any atom is -0.317 e. The van der Waals surface area contributed by atoms with Crippen molar-refractivity contribution in [2.24, 2.45) is 13.0 Å². The van der Waals surface area contributed by atoms with Crippen LogP contribution in [0.25, 0.3) is 0 Å². The Bertz CT molecular complexity index is 276. The topological polar surface area (TPSA) is 29.9 Å². The zero-order chi connectivity index (χ0) is 11.3. The molecule has 86 valence electrons. The molecule has 1 aromatic rings. The van der Waals surface area contributed by atoms with Crippen molar-refractivity contribution < 1.29 is 0 Å². The fourth-order valence-electron chi connectivity index (χ4n) is 2.11. The van der Waals surface area contributed by atoms with Gasteiger partial charge in [0.2, 0.25) is 0 Å². The highest BCUT2D eigenvalue weighted by molar-refractivity contribution is 5.00. The normalized spacial score (nSPS) is 15.2. The molecule has 1 aromatic heterocycles. The number of nitrogens with zero attached hydrogens (tertiary/aromatic N) is 2. The van der Waals surface area contributed by atoms with Crippen LogP contribution in [0.2, 0.25) is 0 Å². The van der Waals surface area contributed by atoms with E-state index < -0.39 is 0 Å². The lowest BCUT2D eigenvalue weighted by molar-refractivity contribution is 0.365. The third-order valence-electron chi connectivity index (χ3n) is 3.28. The molecule has 0 aliphatic rings. The van der Waals surface area contributed by atoms with E-state index in [1.807, 2.05) is 17.9 Å². The molecule has 2 atom stereocenters. The van der Waals surface area contributed by atoms with Crippen LogP contribution < -0.4 is 5.32 Å². The molecule has 0 radical (unpaired) electrons. The van der Waals surface area contributed by atoms with Crippen LogP contribution in [0.4, 0.5) is 0 Å². The molecule has 3 heteroatoms. The Morgan fingerprint density at radius 1 is 1.53 bits per heavy atom. The van der Waals surface area contributed by atoms with Gasteiger partial charge in [-0.15, -0.1) is 0 Å². The number of aryl methyl sites for hydroxylation is 2. The van der Waals surface area contributed by atoms with Crippen molar-refractivity contribution in [2.75, 3.05) is 7.05 Å². The molecular weight excluding hydrogens is 186 g/mol. The van der Waals surface area contributed by atoms with Gasteiger partial charge < -0.3 is 5.32 Å². The molecular formula is C12H23N3. The molecule has 15 heavy (non-hydrogen) atoms. The van der Waals surface area contributed by atoms with Crippen molar-refractivity contribution in [1.82, 2.24) is 15.1 Å². The summed E-state index contributed by atoms with van der Waals surface area (Å²) in [5.74, 6) is 0.718. The van der Waals surface area contributed by atoms with Gasteiger partial charge in [-0.1, -0.05) is 13.8 Å². The zero-order valence-corrected chi connectivity index (χ0v) is 10.3. The van der Waals surface area contributed by atoms with Crippen LogP contribution >= 0.6 is 0 Å². The van der Waals surface area contributed by atoms with E-state index in [4.69, 9.17) is 0 Å². The SMILES string of the molecule is CCC(NC)C(C)CCc1ccnn1C. The summed E-state index contributed by atoms with van der Waals surface area (Å²) in [7, 11) is 4.06. The first-order chi connectivity index (χ1) is 7.19. The molecule has 1 N–H and O–H groups in total. The maximum atomic E-state index is 4.18. The van der Waals surface area contributed by atoms with Crippen LogP contribution in [0, 0.1) is 5.92 Å². The highest BCUT2D eigenvalue weighted by Crippen LogP contribution is 2.14. The highest BCUT2D eigenvalue weighted by atomic mass is 15.2. The van der Waals surface area contributed by atoms with E-state index in [9.17, 15) is 0 Å². The Kier molecular flexibility index (Phi) is 4.82. The van der Waals surface area contributed by atoms with E-state index in [1.54, 1.807) is 0 Å². The number of hydrogen-bond donors (Lipinski definition) is 1. The number of nitrogens with one attached hydrogen (secondary N) is 1. The van der Waals surface area contributed by atoms with Crippen LogP contribution in [-0.2, 0) is 13.5 Å². The molecule has 0 aliphatic carbocycles. The number of aromatic nitrogens is 2. The molecule has 0 saturated carbocycles. The summed E-state index contributed by atoms with van der Waals surface area (Å²) in [5, 5.41) is 7.55. The van der Waals surface area contributed by atoms with Crippen molar-refractivity contribution in [2.45, 2.75) is 39.2 Å². The van der Waals surface area contributed by atoms with E-state index in [1.165, 1.54) is 18.5 Å². The van der Waals surface area contributed by atoms with Crippen LogP contribution in [-0.4, -0.2) is 22.9 Å². The van der Waals surface area contributed by atoms with Crippen LogP contribution in [0.5, 0.6) is 0 Å². The maximum Gasteiger partial charge on any atom is 0.0492 e. The average Bonchev–Trinajstić information content (AvgIpc) is 2.63. The molecule has 0 aliphatic heterocycles. The second-order valence-electron chi connectivity index (χ2n) is 4.27. The third kappa shape index (κ3) is 3.34. The Labute approximate surface area is 92.9 Å². The quantitative estimate of drug-likeness (QED) is 0.776. The standard InChI is InChI=1S/C12H23N3/c1-5-12(13-3)10(2)6-7-11-8-9-14-15(11)4/h8-10,12-13H,5-7H2,1-4H3. The molecule has 0 amide bonds. The number of rotatable bonds is 6. The smallest absolute Gasteiger partial charge is 0.0492 e. The van der Waals surface area contributed by atoms with E-state index in [-0.39, 0.29) is 0 Å². The molecule has 0 spiro atoms. The molecule has 0 saturated heterocycles. The van der Waals surface area contributed by atoms with E-state index in [0.717, 1.165) is 12.3 Å². The fourth-order valence-corrected chi connectivity index (χ4v) is 2.11. The molecule has 0 fully saturated rings. The van der Waals surface area contributed by atoms with Crippen molar-refractivity contribution in [3.8, 4) is 0 Å². The predicted octanol–water partition coefficient (Wildman–Crippen LogP) is 1.99. The number of hydrogen-bond acceptors (Lipinski definition) is 2. The lowest BCUT2D eigenvalue weighted by atomic mass is 9.94. The predicted molar refractivity (Wildman–Crippen MR) is 63.8 cm³/mol. The Hall–Kier alpha value is -0.830. The zero-order valence-electron chi connectivity index (χ0n) is 10.3. The maximum absolute atomic E-state index is 4.18. The summed E-state index contributed by atoms with van der Waals surface area (Å²) >= 11 is 0. The fraction of sp³-hybridized carbons (Fsp3) is 0.750. The van der Waals surface area contributed by atoms with Gasteiger partial charge in [0, 0.05) is 25.0 Å². The van der Waals surface area contributed by atoms with E-state index >= 15 is 0 Å². The highest BCUT2D eigenvalue weighted by Gasteiger charge is 2.13. The van der Waals surface area contributed by atoms with Crippen molar-refractivity contribution in [3.05, 3.63) is 18.0 Å². The van der Waals surface area contributed by atoms with Gasteiger partial charge in [0.1, 0.15) is 0 Å². The Morgan fingerprint density at radius 3 is 2.73 bits per heavy atom. The first-order valence-electron chi connectivity index (χ1n) is 5.83. The summed E-state index contributed by atoms with van der Waals surface area (Å²) in [6.07, 6.45) is 5.41. The van der Waals surface area contributed by atoms with Gasteiger partial charge in [-0.05, 0) is 38.3 Å². The van der Waals surface area contributed by atoms with E-state index in [0.29, 0.717) is 6.04 Å². The van der Waals surface area contributed by atoms with Gasteiger partial charge >= 0.3 is 0 Å². The average molecular weight is 209 g/mol. The summed E-state index contributed by atoms with van der Waals surface area (Å²) in [4.78, 5) is 0. The second-order valence-corrected chi connectivity index (χ2v) is 4.27. The van der Waals surface area contributed by atoms with Gasteiger partial charge in [-0.25, -0.2) is 0 Å². The molecule has 0 aromatic carbocycles. The first-order valence-corrected chi connectivity index (χ1v) is 5.83. The Balaban J connectivity index is 2.40. The van der Waals surface area contributed by atoms with Gasteiger partial charge in [-0.2, -0.15) is 5.10 Å². The van der Waals surface area contributed by atoms with Crippen LogP contribution in [0.1, 0.15) is 32.4 Å². The molecule has 0 bridgehead atoms. The van der Waals surface area contributed by atoms with Gasteiger partial charge in [-0.3, -0.25) is 4.68 Å². The van der Waals surface area contributed by atoms with E-state index in [2.05, 4.69) is 37.4 Å². The first kappa shape index (κ1) is 12.2. The van der Waals surface area contributed by atoms with Gasteiger partial charge in [0.25, 0.3) is 0 Å². The minimum absolute atomic E-state index is 0.637. The summed E-state index contributed by atoms with van der Waals surface area (Å²) in [5.41, 5.74) is 1.33. The van der Waals surface area contributed by atoms with Crippen LogP contribution in [0.3, 0.4) is 0 Å². The van der Waals surface area contributed by atoms with Gasteiger partial charge in [0.05, 0.1) is 0 Å². The molecule has 1 rings (SSSR count).